The third kappa shape index (κ3) is 2.07. The molecule has 0 aliphatic rings. The summed E-state index contributed by atoms with van der Waals surface area (Å²) in [5.41, 5.74) is 1.68. The molecule has 2 nitrogen and oxygen atoms in total. The fourth-order valence-electron chi connectivity index (χ4n) is 1.49. The van der Waals surface area contributed by atoms with E-state index in [-0.39, 0.29) is 0 Å². The van der Waals surface area contributed by atoms with Crippen molar-refractivity contribution in [2.24, 2.45) is 0 Å². The highest BCUT2D eigenvalue weighted by Gasteiger charge is 2.04. The molecule has 0 heterocycles. The van der Waals surface area contributed by atoms with Crippen LogP contribution in [0.3, 0.4) is 0 Å². The van der Waals surface area contributed by atoms with Crippen molar-refractivity contribution in [1.29, 1.82) is 0 Å². The highest BCUT2D eigenvalue weighted by atomic mass is 32.2. The maximum absolute atomic E-state index is 11.0. The number of rotatable bonds is 2. The van der Waals surface area contributed by atoms with Gasteiger partial charge in [-0.05, 0) is 11.6 Å². The van der Waals surface area contributed by atoms with Gasteiger partial charge in [0.25, 0.3) is 0 Å². The Morgan fingerprint density at radius 2 is 1.33 bits per heavy atom. The van der Waals surface area contributed by atoms with Crippen LogP contribution in [0, 0.1) is 0 Å². The molecule has 76 valence electrons. The lowest BCUT2D eigenvalue weighted by molar-refractivity contribution is 0.615. The van der Waals surface area contributed by atoms with Gasteiger partial charge in [-0.25, -0.2) is 8.42 Å². The number of hydrogen-bond donors (Lipinski definition) is 1. The Balaban J connectivity index is 2.63. The number of benzene rings is 2. The van der Waals surface area contributed by atoms with Gasteiger partial charge in [0.15, 0.2) is 10.7 Å². The number of thiol groups is 1. The molecular formula is C12H10O2S. The molecule has 0 saturated carbocycles. The minimum absolute atomic E-state index is 0.374. The van der Waals surface area contributed by atoms with Gasteiger partial charge >= 0.3 is 0 Å². The van der Waals surface area contributed by atoms with Crippen LogP contribution < -0.4 is 0 Å². The summed E-state index contributed by atoms with van der Waals surface area (Å²) < 4.78 is 22.1. The zero-order chi connectivity index (χ0) is 10.7. The van der Waals surface area contributed by atoms with Gasteiger partial charge in [0.05, 0.1) is 4.90 Å². The van der Waals surface area contributed by atoms with Crippen LogP contribution in [0.1, 0.15) is 0 Å². The Morgan fingerprint density at radius 3 is 2.00 bits per heavy atom. The van der Waals surface area contributed by atoms with Gasteiger partial charge < -0.3 is 0 Å². The van der Waals surface area contributed by atoms with E-state index in [9.17, 15) is 8.42 Å². The Bertz CT molecular complexity index is 522. The second kappa shape index (κ2) is 4.28. The molecule has 0 saturated heterocycles. The van der Waals surface area contributed by atoms with Crippen LogP contribution in [0.25, 0.3) is 11.1 Å². The zero-order valence-electron chi connectivity index (χ0n) is 7.96. The molecule has 15 heavy (non-hydrogen) atoms. The molecule has 0 aromatic heterocycles. The lowest BCUT2D eigenvalue weighted by atomic mass is 10.1. The van der Waals surface area contributed by atoms with Gasteiger partial charge in [-0.2, -0.15) is 0 Å². The van der Waals surface area contributed by atoms with E-state index in [4.69, 9.17) is 0 Å². The van der Waals surface area contributed by atoms with E-state index in [1.165, 1.54) is 0 Å². The predicted molar refractivity (Wildman–Crippen MR) is 60.5 cm³/mol. The molecule has 0 radical (unpaired) electrons. The molecule has 0 bridgehead atoms. The first-order chi connectivity index (χ1) is 7.29. The van der Waals surface area contributed by atoms with Gasteiger partial charge in [-0.1, -0.05) is 48.5 Å². The van der Waals surface area contributed by atoms with Crippen molar-refractivity contribution in [2.75, 3.05) is 0 Å². The molecule has 0 aliphatic carbocycles. The predicted octanol–water partition coefficient (Wildman–Crippen LogP) is 2.32. The summed E-state index contributed by atoms with van der Waals surface area (Å²) in [5.74, 6) is 0. The molecule has 0 amide bonds. The van der Waals surface area contributed by atoms with Gasteiger partial charge in [-0.15, -0.1) is 0 Å². The molecule has 0 aliphatic heterocycles. The molecule has 0 spiro atoms. The minimum Gasteiger partial charge on any atom is -0.227 e. The second-order valence-electron chi connectivity index (χ2n) is 3.14. The fraction of sp³-hybridized carbons (Fsp3) is 0. The minimum atomic E-state index is -2.54. The third-order valence-corrected chi connectivity index (χ3v) is 2.97. The van der Waals surface area contributed by atoms with Gasteiger partial charge in [0, 0.05) is 5.56 Å². The largest absolute Gasteiger partial charge is 0.227 e. The quantitative estimate of drug-likeness (QED) is 0.785. The molecule has 3 heteroatoms. The summed E-state index contributed by atoms with van der Waals surface area (Å²) in [4.78, 5) is 0.374. The summed E-state index contributed by atoms with van der Waals surface area (Å²) in [7, 11) is -2.54. The van der Waals surface area contributed by atoms with Gasteiger partial charge in [0.2, 0.25) is 0 Å². The summed E-state index contributed by atoms with van der Waals surface area (Å²) >= 11 is 0. The van der Waals surface area contributed by atoms with E-state index < -0.39 is 10.7 Å². The van der Waals surface area contributed by atoms with Crippen LogP contribution in [0.2, 0.25) is 0 Å². The van der Waals surface area contributed by atoms with Crippen molar-refractivity contribution in [2.45, 2.75) is 4.90 Å². The SMILES string of the molecule is O=[SH](=O)c1ccccc1-c1ccccc1. The lowest BCUT2D eigenvalue weighted by Gasteiger charge is -2.03. The summed E-state index contributed by atoms with van der Waals surface area (Å²) in [6.45, 7) is 0. The molecule has 0 N–H and O–H groups in total. The Kier molecular flexibility index (Phi) is 2.83. The highest BCUT2D eigenvalue weighted by molar-refractivity contribution is 7.72. The van der Waals surface area contributed by atoms with Crippen LogP contribution in [0.4, 0.5) is 0 Å². The second-order valence-corrected chi connectivity index (χ2v) is 4.14. The topological polar surface area (TPSA) is 34.1 Å². The van der Waals surface area contributed by atoms with E-state index in [1.54, 1.807) is 12.1 Å². The van der Waals surface area contributed by atoms with E-state index >= 15 is 0 Å². The van der Waals surface area contributed by atoms with Crippen LogP contribution >= 0.6 is 0 Å². The highest BCUT2D eigenvalue weighted by Crippen LogP contribution is 2.23. The van der Waals surface area contributed by atoms with Crippen molar-refractivity contribution in [3.8, 4) is 11.1 Å². The first-order valence-electron chi connectivity index (χ1n) is 4.58. The average molecular weight is 218 g/mol. The summed E-state index contributed by atoms with van der Waals surface area (Å²) in [6.07, 6.45) is 0. The van der Waals surface area contributed by atoms with Crippen LogP contribution in [0.5, 0.6) is 0 Å². The molecule has 0 unspecified atom stereocenters. The van der Waals surface area contributed by atoms with Crippen molar-refractivity contribution in [3.05, 3.63) is 54.6 Å². The first-order valence-corrected chi connectivity index (χ1v) is 5.75. The van der Waals surface area contributed by atoms with E-state index in [0.29, 0.717) is 4.90 Å². The maximum Gasteiger partial charge on any atom is 0.168 e. The smallest absolute Gasteiger partial charge is 0.168 e. The number of hydrogen-bond acceptors (Lipinski definition) is 2. The monoisotopic (exact) mass is 218 g/mol. The van der Waals surface area contributed by atoms with Crippen LogP contribution in [-0.4, -0.2) is 8.42 Å². The normalized spacial score (nSPS) is 10.5. The van der Waals surface area contributed by atoms with E-state index in [2.05, 4.69) is 0 Å². The first kappa shape index (κ1) is 9.93. The molecule has 2 aromatic rings. The Hall–Kier alpha value is -1.61. The van der Waals surface area contributed by atoms with Crippen LogP contribution in [-0.2, 0) is 10.7 Å². The van der Waals surface area contributed by atoms with Gasteiger partial charge in [-0.3, -0.25) is 0 Å². The zero-order valence-corrected chi connectivity index (χ0v) is 8.85. The third-order valence-electron chi connectivity index (χ3n) is 2.19. The average Bonchev–Trinajstić information content (AvgIpc) is 2.30. The van der Waals surface area contributed by atoms with Crippen molar-refractivity contribution in [1.82, 2.24) is 0 Å². The van der Waals surface area contributed by atoms with Crippen molar-refractivity contribution in [3.63, 3.8) is 0 Å². The Labute approximate surface area is 90.1 Å². The van der Waals surface area contributed by atoms with Crippen molar-refractivity contribution >= 4 is 10.7 Å². The van der Waals surface area contributed by atoms with E-state index in [0.717, 1.165) is 11.1 Å². The molecule has 0 atom stereocenters. The summed E-state index contributed by atoms with van der Waals surface area (Å²) in [6, 6.07) is 16.5. The molecule has 2 aromatic carbocycles. The van der Waals surface area contributed by atoms with Gasteiger partial charge in [0.1, 0.15) is 0 Å². The standard InChI is InChI=1S/C12H10O2S/c13-15(14)12-9-5-4-8-11(12)10-6-2-1-3-7-10/h1-9,15H. The molecule has 0 fully saturated rings. The van der Waals surface area contributed by atoms with Crippen molar-refractivity contribution < 1.29 is 8.42 Å². The Morgan fingerprint density at radius 1 is 0.733 bits per heavy atom. The van der Waals surface area contributed by atoms with E-state index in [1.807, 2.05) is 42.5 Å². The molecule has 2 rings (SSSR count). The maximum atomic E-state index is 11.0. The lowest BCUT2D eigenvalue weighted by Crippen LogP contribution is -1.86. The molecular weight excluding hydrogens is 208 g/mol. The summed E-state index contributed by atoms with van der Waals surface area (Å²) in [5, 5.41) is 0. The van der Waals surface area contributed by atoms with Crippen LogP contribution in [0.15, 0.2) is 59.5 Å². The fourth-order valence-corrected chi connectivity index (χ4v) is 2.10.